The molecule has 0 fully saturated rings. The number of hydrogen-bond acceptors (Lipinski definition) is 2. The maximum Gasteiger partial charge on any atom is 0.387 e. The number of carbonyl (C=O) groups is 1. The Morgan fingerprint density at radius 3 is 2.53 bits per heavy atom. The van der Waals surface area contributed by atoms with E-state index >= 15 is 0 Å². The SMILES string of the molecule is O=C(O)c1ccc(Cl)c(F)c1OC(F)F. The Kier molecular flexibility index (Phi) is 3.41. The molecule has 0 aliphatic rings. The van der Waals surface area contributed by atoms with Gasteiger partial charge in [0.05, 0.1) is 5.02 Å². The third-order valence-corrected chi connectivity index (χ3v) is 1.78. The zero-order valence-corrected chi connectivity index (χ0v) is 7.76. The van der Waals surface area contributed by atoms with Crippen LogP contribution in [0.3, 0.4) is 0 Å². The molecule has 0 atom stereocenters. The first-order valence-corrected chi connectivity index (χ1v) is 3.97. The number of carboxylic acid groups (broad SMARTS) is 1. The first-order chi connectivity index (χ1) is 6.93. The van der Waals surface area contributed by atoms with Crippen LogP contribution in [-0.2, 0) is 0 Å². The van der Waals surface area contributed by atoms with E-state index in [0.29, 0.717) is 0 Å². The lowest BCUT2D eigenvalue weighted by atomic mass is 10.2. The monoisotopic (exact) mass is 240 g/mol. The number of alkyl halides is 2. The summed E-state index contributed by atoms with van der Waals surface area (Å²) in [6.45, 7) is -3.32. The van der Waals surface area contributed by atoms with Crippen molar-refractivity contribution in [1.82, 2.24) is 0 Å². The van der Waals surface area contributed by atoms with Crippen LogP contribution in [0.5, 0.6) is 5.75 Å². The fourth-order valence-electron chi connectivity index (χ4n) is 0.905. The summed E-state index contributed by atoms with van der Waals surface area (Å²) in [5.74, 6) is -3.97. The number of halogens is 4. The van der Waals surface area contributed by atoms with E-state index in [9.17, 15) is 18.0 Å². The van der Waals surface area contributed by atoms with E-state index in [1.165, 1.54) is 0 Å². The molecule has 0 aliphatic carbocycles. The quantitative estimate of drug-likeness (QED) is 0.884. The van der Waals surface area contributed by atoms with Gasteiger partial charge >= 0.3 is 12.6 Å². The van der Waals surface area contributed by atoms with Crippen LogP contribution in [0.4, 0.5) is 13.2 Å². The summed E-state index contributed by atoms with van der Waals surface area (Å²) >= 11 is 5.28. The van der Waals surface area contributed by atoms with Gasteiger partial charge in [-0.15, -0.1) is 0 Å². The highest BCUT2D eigenvalue weighted by Crippen LogP contribution is 2.30. The van der Waals surface area contributed by atoms with Gasteiger partial charge in [-0.05, 0) is 12.1 Å². The van der Waals surface area contributed by atoms with Gasteiger partial charge in [0, 0.05) is 0 Å². The van der Waals surface area contributed by atoms with Crippen LogP contribution in [0, 0.1) is 5.82 Å². The first kappa shape index (κ1) is 11.6. The lowest BCUT2D eigenvalue weighted by Gasteiger charge is -2.09. The maximum atomic E-state index is 13.1. The van der Waals surface area contributed by atoms with Crippen LogP contribution in [0.1, 0.15) is 10.4 Å². The Balaban J connectivity index is 3.28. The summed E-state index contributed by atoms with van der Waals surface area (Å²) in [5.41, 5.74) is -0.711. The number of carboxylic acids is 1. The summed E-state index contributed by atoms with van der Waals surface area (Å²) in [5, 5.41) is 8.07. The highest BCUT2D eigenvalue weighted by molar-refractivity contribution is 6.31. The molecule has 1 rings (SSSR count). The standard InChI is InChI=1S/C8H4ClF3O3/c9-4-2-1-3(7(13)14)6(5(4)10)15-8(11)12/h1-2,8H,(H,13,14). The average molecular weight is 241 g/mol. The number of rotatable bonds is 3. The van der Waals surface area contributed by atoms with Crippen LogP contribution in [0.2, 0.25) is 5.02 Å². The van der Waals surface area contributed by atoms with Crippen LogP contribution in [0.15, 0.2) is 12.1 Å². The van der Waals surface area contributed by atoms with E-state index in [0.717, 1.165) is 12.1 Å². The van der Waals surface area contributed by atoms with Gasteiger partial charge in [0.15, 0.2) is 11.6 Å². The second kappa shape index (κ2) is 4.39. The zero-order chi connectivity index (χ0) is 11.6. The van der Waals surface area contributed by atoms with Crippen molar-refractivity contribution in [2.75, 3.05) is 0 Å². The van der Waals surface area contributed by atoms with E-state index in [1.807, 2.05) is 0 Å². The second-order valence-electron chi connectivity index (χ2n) is 2.42. The van der Waals surface area contributed by atoms with Crippen molar-refractivity contribution in [1.29, 1.82) is 0 Å². The Hall–Kier alpha value is -1.43. The molecule has 0 bridgehead atoms. The van der Waals surface area contributed by atoms with Gasteiger partial charge in [-0.25, -0.2) is 9.18 Å². The van der Waals surface area contributed by atoms with E-state index < -0.39 is 34.7 Å². The molecular formula is C8H4ClF3O3. The summed E-state index contributed by atoms with van der Waals surface area (Å²) in [6.07, 6.45) is 0. The lowest BCUT2D eigenvalue weighted by molar-refractivity contribution is -0.0526. The minimum atomic E-state index is -3.32. The Bertz CT molecular complexity index is 395. The molecule has 0 saturated heterocycles. The molecule has 0 amide bonds. The summed E-state index contributed by atoms with van der Waals surface area (Å²) < 4.78 is 40.6. The predicted molar refractivity (Wildman–Crippen MR) is 45.0 cm³/mol. The van der Waals surface area contributed by atoms with E-state index in [1.54, 1.807) is 0 Å². The van der Waals surface area contributed by atoms with Crippen molar-refractivity contribution in [2.45, 2.75) is 6.61 Å². The Morgan fingerprint density at radius 1 is 1.47 bits per heavy atom. The zero-order valence-electron chi connectivity index (χ0n) is 7.01. The molecule has 3 nitrogen and oxygen atoms in total. The van der Waals surface area contributed by atoms with Crippen LogP contribution >= 0.6 is 11.6 Å². The van der Waals surface area contributed by atoms with E-state index in [2.05, 4.69) is 4.74 Å². The molecule has 0 heterocycles. The number of ether oxygens (including phenoxy) is 1. The van der Waals surface area contributed by atoms with Crippen LogP contribution in [-0.4, -0.2) is 17.7 Å². The summed E-state index contributed by atoms with van der Waals surface area (Å²) in [4.78, 5) is 10.5. The molecule has 0 spiro atoms. The average Bonchev–Trinajstić information content (AvgIpc) is 2.12. The topological polar surface area (TPSA) is 46.5 Å². The minimum absolute atomic E-state index is 0.490. The normalized spacial score (nSPS) is 10.5. The molecule has 0 radical (unpaired) electrons. The van der Waals surface area contributed by atoms with Gasteiger partial charge in [0.1, 0.15) is 5.56 Å². The van der Waals surface area contributed by atoms with Crippen molar-refractivity contribution >= 4 is 17.6 Å². The predicted octanol–water partition coefficient (Wildman–Crippen LogP) is 2.78. The third-order valence-electron chi connectivity index (χ3n) is 1.49. The maximum absolute atomic E-state index is 13.1. The first-order valence-electron chi connectivity index (χ1n) is 3.59. The summed E-state index contributed by atoms with van der Waals surface area (Å²) in [7, 11) is 0. The molecule has 82 valence electrons. The Labute approximate surface area is 87.0 Å². The fourth-order valence-corrected chi connectivity index (χ4v) is 1.05. The number of aromatic carboxylic acids is 1. The summed E-state index contributed by atoms with van der Waals surface area (Å²) in [6, 6.07) is 1.82. The van der Waals surface area contributed by atoms with E-state index in [4.69, 9.17) is 16.7 Å². The fraction of sp³-hybridized carbons (Fsp3) is 0.125. The van der Waals surface area contributed by atoms with Gasteiger partial charge < -0.3 is 9.84 Å². The smallest absolute Gasteiger partial charge is 0.387 e. The molecule has 0 saturated carbocycles. The number of hydrogen-bond donors (Lipinski definition) is 1. The van der Waals surface area contributed by atoms with Crippen molar-refractivity contribution in [3.63, 3.8) is 0 Å². The molecule has 7 heteroatoms. The van der Waals surface area contributed by atoms with Crippen LogP contribution < -0.4 is 4.74 Å². The van der Waals surface area contributed by atoms with Gasteiger partial charge in [-0.2, -0.15) is 8.78 Å². The van der Waals surface area contributed by atoms with Crippen molar-refractivity contribution in [3.05, 3.63) is 28.5 Å². The van der Waals surface area contributed by atoms with E-state index in [-0.39, 0.29) is 0 Å². The third kappa shape index (κ3) is 2.53. The lowest BCUT2D eigenvalue weighted by Crippen LogP contribution is -2.09. The van der Waals surface area contributed by atoms with Gasteiger partial charge in [0.25, 0.3) is 0 Å². The minimum Gasteiger partial charge on any atom is -0.478 e. The molecule has 0 unspecified atom stereocenters. The number of benzene rings is 1. The Morgan fingerprint density at radius 2 is 2.07 bits per heavy atom. The highest BCUT2D eigenvalue weighted by atomic mass is 35.5. The van der Waals surface area contributed by atoms with Gasteiger partial charge in [-0.3, -0.25) is 0 Å². The molecule has 1 N–H and O–H groups in total. The molecule has 1 aromatic carbocycles. The molecule has 15 heavy (non-hydrogen) atoms. The molecule has 1 aromatic rings. The molecular weight excluding hydrogens is 237 g/mol. The largest absolute Gasteiger partial charge is 0.478 e. The van der Waals surface area contributed by atoms with Gasteiger partial charge in [-0.1, -0.05) is 11.6 Å². The highest BCUT2D eigenvalue weighted by Gasteiger charge is 2.21. The molecule has 0 aliphatic heterocycles. The molecule has 0 aromatic heterocycles. The van der Waals surface area contributed by atoms with Crippen LogP contribution in [0.25, 0.3) is 0 Å². The van der Waals surface area contributed by atoms with Crippen molar-refractivity contribution in [2.24, 2.45) is 0 Å². The van der Waals surface area contributed by atoms with Crippen molar-refractivity contribution in [3.8, 4) is 5.75 Å². The van der Waals surface area contributed by atoms with Crippen molar-refractivity contribution < 1.29 is 27.8 Å². The van der Waals surface area contributed by atoms with Gasteiger partial charge in [0.2, 0.25) is 0 Å². The second-order valence-corrected chi connectivity index (χ2v) is 2.83.